The van der Waals surface area contributed by atoms with Gasteiger partial charge in [0.1, 0.15) is 0 Å². The third-order valence-corrected chi connectivity index (χ3v) is 9.65. The number of rotatable bonds is 2. The summed E-state index contributed by atoms with van der Waals surface area (Å²) in [7, 11) is 0. The molecule has 8 atom stereocenters. The highest BCUT2D eigenvalue weighted by atomic mass is 35.5. The SMILES string of the molecule is C[C@H]1[C@@H](/N=C(/Nc2cc(C(F)(F)F)ccc2Cl)N2CCCC2)O[C@@H]2O[C@]3(C)CC[C@H]4[C@H](C)CC[C@@H]1C24OO3. The smallest absolute Gasteiger partial charge is 0.343 e. The molecular formula is C27H35ClF3N3O4. The fraction of sp³-hybridized carbons (Fsp3) is 0.741. The molecule has 1 aromatic carbocycles. The number of hydrogen-bond acceptors (Lipinski definition) is 5. The van der Waals surface area contributed by atoms with Crippen molar-refractivity contribution in [2.45, 2.75) is 89.4 Å². The van der Waals surface area contributed by atoms with Crippen LogP contribution in [-0.2, 0) is 25.4 Å². The lowest BCUT2D eigenvalue weighted by Gasteiger charge is -2.59. The molecule has 7 nitrogen and oxygen atoms in total. The number of halogens is 4. The minimum Gasteiger partial charge on any atom is -0.343 e. The van der Waals surface area contributed by atoms with E-state index in [1.54, 1.807) is 0 Å². The fourth-order valence-electron chi connectivity index (χ4n) is 7.19. The van der Waals surface area contributed by atoms with E-state index in [9.17, 15) is 13.2 Å². The summed E-state index contributed by atoms with van der Waals surface area (Å²) in [6.07, 6.45) is -0.118. The molecule has 11 heteroatoms. The van der Waals surface area contributed by atoms with Gasteiger partial charge in [0.25, 0.3) is 0 Å². The number of nitrogens with zero attached hydrogens (tertiary/aromatic N) is 2. The van der Waals surface area contributed by atoms with Crippen LogP contribution in [0.4, 0.5) is 18.9 Å². The van der Waals surface area contributed by atoms with Crippen LogP contribution in [0.1, 0.15) is 64.9 Å². The normalized spacial score (nSPS) is 41.1. The predicted octanol–water partition coefficient (Wildman–Crippen LogP) is 6.43. The first-order valence-electron chi connectivity index (χ1n) is 13.7. The lowest BCUT2D eigenvalue weighted by atomic mass is 9.58. The number of likely N-dealkylation sites (tertiary alicyclic amines) is 1. The first kappa shape index (κ1) is 26.6. The molecule has 0 amide bonds. The zero-order chi connectivity index (χ0) is 26.9. The Balaban J connectivity index is 1.35. The molecule has 1 N–H and O–H groups in total. The molecule has 0 radical (unpaired) electrons. The number of ether oxygens (including phenoxy) is 2. The minimum atomic E-state index is -4.48. The van der Waals surface area contributed by atoms with Gasteiger partial charge in [-0.1, -0.05) is 25.4 Å². The van der Waals surface area contributed by atoms with Crippen LogP contribution in [0.15, 0.2) is 23.2 Å². The summed E-state index contributed by atoms with van der Waals surface area (Å²) in [4.78, 5) is 19.2. The van der Waals surface area contributed by atoms with E-state index in [1.165, 1.54) is 6.07 Å². The summed E-state index contributed by atoms with van der Waals surface area (Å²) in [5.41, 5.74) is -1.32. The number of fused-ring (bicyclic) bond motifs is 2. The van der Waals surface area contributed by atoms with E-state index in [0.29, 0.717) is 18.3 Å². The van der Waals surface area contributed by atoms with Gasteiger partial charge >= 0.3 is 6.18 Å². The van der Waals surface area contributed by atoms with Crippen molar-refractivity contribution in [1.29, 1.82) is 0 Å². The van der Waals surface area contributed by atoms with E-state index >= 15 is 0 Å². The average Bonchev–Trinajstić information content (AvgIpc) is 3.30. The molecule has 1 aromatic rings. The van der Waals surface area contributed by atoms with Gasteiger partial charge in [0.15, 0.2) is 18.1 Å². The number of hydrogen-bond donors (Lipinski definition) is 1. The van der Waals surface area contributed by atoms with Crippen LogP contribution in [0.25, 0.3) is 0 Å². The van der Waals surface area contributed by atoms with Gasteiger partial charge in [-0.25, -0.2) is 14.8 Å². The molecule has 1 unspecified atom stereocenters. The molecule has 6 fully saturated rings. The van der Waals surface area contributed by atoms with Gasteiger partial charge in [-0.2, -0.15) is 13.2 Å². The Kier molecular flexibility index (Phi) is 6.66. The standard InChI is InChI=1S/C27H35ClF3N3O4/c1-15-6-8-19-16(2)22(35-23-26(19)18(15)10-11-25(3,36-23)37-38-26)33-24(34-12-4-5-13-34)32-21-14-17(27(29,30)31)7-9-20(21)28/h7,9,14-16,18-19,22-23H,4-6,8,10-13H2,1-3H3,(H,32,33)/t15-,16-,18+,19+,22+,23-,25+,26?/m1/s1. The van der Waals surface area contributed by atoms with Crippen molar-refractivity contribution in [3.8, 4) is 0 Å². The molecule has 210 valence electrons. The molecule has 1 saturated carbocycles. The number of benzene rings is 1. The van der Waals surface area contributed by atoms with Crippen LogP contribution >= 0.6 is 11.6 Å². The largest absolute Gasteiger partial charge is 0.416 e. The molecule has 1 spiro atoms. The Labute approximate surface area is 225 Å². The summed E-state index contributed by atoms with van der Waals surface area (Å²) in [5, 5.41) is 3.31. The summed E-state index contributed by atoms with van der Waals surface area (Å²) in [6, 6.07) is 3.27. The van der Waals surface area contributed by atoms with Gasteiger partial charge in [-0.05, 0) is 69.1 Å². The second-order valence-corrected chi connectivity index (χ2v) is 12.2. The van der Waals surface area contributed by atoms with Crippen molar-refractivity contribution < 1.29 is 32.4 Å². The minimum absolute atomic E-state index is 0.0349. The molecule has 1 aliphatic carbocycles. The molecule has 7 rings (SSSR count). The number of anilines is 1. The summed E-state index contributed by atoms with van der Waals surface area (Å²) < 4.78 is 53.3. The first-order valence-corrected chi connectivity index (χ1v) is 14.0. The highest BCUT2D eigenvalue weighted by molar-refractivity contribution is 6.33. The third kappa shape index (κ3) is 4.40. The highest BCUT2D eigenvalue weighted by Gasteiger charge is 2.69. The van der Waals surface area contributed by atoms with Gasteiger partial charge < -0.3 is 19.7 Å². The van der Waals surface area contributed by atoms with Crippen molar-refractivity contribution in [1.82, 2.24) is 4.90 Å². The lowest BCUT2D eigenvalue weighted by Crippen LogP contribution is -2.70. The number of aliphatic imine (C=N–C) groups is 1. The topological polar surface area (TPSA) is 64.6 Å². The summed E-state index contributed by atoms with van der Waals surface area (Å²) in [5.74, 6) is 0.307. The van der Waals surface area contributed by atoms with Crippen molar-refractivity contribution in [2.75, 3.05) is 18.4 Å². The van der Waals surface area contributed by atoms with E-state index in [4.69, 9.17) is 35.8 Å². The fourth-order valence-corrected chi connectivity index (χ4v) is 7.36. The molecule has 5 aliphatic heterocycles. The van der Waals surface area contributed by atoms with Gasteiger partial charge in [-0.3, -0.25) is 0 Å². The van der Waals surface area contributed by atoms with Crippen molar-refractivity contribution in [2.24, 2.45) is 28.7 Å². The second-order valence-electron chi connectivity index (χ2n) is 11.8. The van der Waals surface area contributed by atoms with Gasteiger partial charge in [0, 0.05) is 31.3 Å². The van der Waals surface area contributed by atoms with Gasteiger partial charge in [-0.15, -0.1) is 0 Å². The van der Waals surface area contributed by atoms with E-state index < -0.39 is 35.6 Å². The number of guanidine groups is 1. The molecule has 5 heterocycles. The maximum atomic E-state index is 13.4. The molecular weight excluding hydrogens is 523 g/mol. The Morgan fingerprint density at radius 3 is 2.61 bits per heavy atom. The second kappa shape index (κ2) is 9.51. The van der Waals surface area contributed by atoms with Crippen LogP contribution in [0.3, 0.4) is 0 Å². The van der Waals surface area contributed by atoms with Crippen molar-refractivity contribution in [3.05, 3.63) is 28.8 Å². The van der Waals surface area contributed by atoms with Crippen LogP contribution in [0.2, 0.25) is 5.02 Å². The van der Waals surface area contributed by atoms with Crippen LogP contribution < -0.4 is 5.32 Å². The van der Waals surface area contributed by atoms with Gasteiger partial charge in [0.2, 0.25) is 11.7 Å². The number of nitrogens with one attached hydrogen (secondary N) is 1. The monoisotopic (exact) mass is 557 g/mol. The molecule has 2 bridgehead atoms. The van der Waals surface area contributed by atoms with Crippen LogP contribution in [0, 0.1) is 23.7 Å². The van der Waals surface area contributed by atoms with Crippen molar-refractivity contribution >= 4 is 23.2 Å². The Bertz CT molecular complexity index is 1100. The predicted molar refractivity (Wildman–Crippen MR) is 135 cm³/mol. The molecule has 5 saturated heterocycles. The lowest BCUT2D eigenvalue weighted by molar-refractivity contribution is -0.570. The Morgan fingerprint density at radius 2 is 1.87 bits per heavy atom. The summed E-state index contributed by atoms with van der Waals surface area (Å²) in [6.45, 7) is 7.73. The van der Waals surface area contributed by atoms with Crippen molar-refractivity contribution in [3.63, 3.8) is 0 Å². The third-order valence-electron chi connectivity index (χ3n) is 9.32. The first-order chi connectivity index (χ1) is 18.0. The Hall–Kier alpha value is -1.59. The zero-order valence-electron chi connectivity index (χ0n) is 21.9. The number of alkyl halides is 3. The zero-order valence-corrected chi connectivity index (χ0v) is 22.6. The molecule has 6 aliphatic rings. The highest BCUT2D eigenvalue weighted by Crippen LogP contribution is 2.60. The van der Waals surface area contributed by atoms with Gasteiger partial charge in [0.05, 0.1) is 16.3 Å². The van der Waals surface area contributed by atoms with E-state index in [1.807, 2.05) is 11.8 Å². The summed E-state index contributed by atoms with van der Waals surface area (Å²) >= 11 is 6.33. The van der Waals surface area contributed by atoms with E-state index in [0.717, 1.165) is 57.3 Å². The van der Waals surface area contributed by atoms with E-state index in [2.05, 4.69) is 19.2 Å². The van der Waals surface area contributed by atoms with Crippen LogP contribution in [0.5, 0.6) is 0 Å². The Morgan fingerprint density at radius 1 is 1.11 bits per heavy atom. The molecule has 38 heavy (non-hydrogen) atoms. The van der Waals surface area contributed by atoms with Crippen LogP contribution in [-0.4, -0.2) is 47.9 Å². The van der Waals surface area contributed by atoms with E-state index in [-0.39, 0.29) is 28.5 Å². The average molecular weight is 558 g/mol. The maximum Gasteiger partial charge on any atom is 0.416 e. The molecule has 0 aromatic heterocycles. The maximum absolute atomic E-state index is 13.4. The quantitative estimate of drug-likeness (QED) is 0.257.